The quantitative estimate of drug-likeness (QED) is 0.802. The molecule has 0 bridgehead atoms. The second-order valence-electron chi connectivity index (χ2n) is 5.25. The lowest BCUT2D eigenvalue weighted by Gasteiger charge is -2.20. The number of para-hydroxylation sites is 1. The van der Waals surface area contributed by atoms with Gasteiger partial charge < -0.3 is 15.5 Å². The minimum Gasteiger partial charge on any atom is -0.424 e. The predicted molar refractivity (Wildman–Crippen MR) is 84.8 cm³/mol. The first kappa shape index (κ1) is 15.7. The average Bonchev–Trinajstić information content (AvgIpc) is 3.20. The second-order valence-corrected chi connectivity index (χ2v) is 5.25. The lowest BCUT2D eigenvalue weighted by molar-refractivity contribution is -0.119. The molecule has 1 atom stereocenters. The number of nitrogens with two attached hydrogens (primary N) is 1. The van der Waals surface area contributed by atoms with E-state index >= 15 is 0 Å². The van der Waals surface area contributed by atoms with Crippen LogP contribution in [0.3, 0.4) is 0 Å². The highest BCUT2D eigenvalue weighted by Crippen LogP contribution is 2.24. The van der Waals surface area contributed by atoms with E-state index in [1.807, 2.05) is 18.2 Å². The van der Waals surface area contributed by atoms with Gasteiger partial charge >= 0.3 is 0 Å². The zero-order chi connectivity index (χ0) is 17.1. The molecule has 1 aromatic carbocycles. The van der Waals surface area contributed by atoms with Gasteiger partial charge in [0.1, 0.15) is 11.8 Å². The van der Waals surface area contributed by atoms with Crippen molar-refractivity contribution < 1.29 is 14.0 Å². The van der Waals surface area contributed by atoms with Gasteiger partial charge in [-0.05, 0) is 12.1 Å². The van der Waals surface area contributed by atoms with E-state index in [0.29, 0.717) is 17.5 Å². The Labute approximate surface area is 137 Å². The number of hydrogen-bond donors (Lipinski definition) is 2. The molecule has 9 nitrogen and oxygen atoms in total. The van der Waals surface area contributed by atoms with E-state index in [0.717, 1.165) is 0 Å². The molecule has 1 aliphatic heterocycles. The molecule has 24 heavy (non-hydrogen) atoms. The van der Waals surface area contributed by atoms with Crippen molar-refractivity contribution in [2.45, 2.75) is 25.9 Å². The SMILES string of the molecule is Cc1nnc(CNC(=O)C2=NN(c3ccccc3)[C@@H](C(N)=O)C2)o1. The molecule has 2 amide bonds. The smallest absolute Gasteiger partial charge is 0.268 e. The molecule has 0 saturated carbocycles. The summed E-state index contributed by atoms with van der Waals surface area (Å²) in [5, 5.41) is 15.8. The van der Waals surface area contributed by atoms with Crippen molar-refractivity contribution in [3.05, 3.63) is 42.1 Å². The van der Waals surface area contributed by atoms with E-state index in [1.54, 1.807) is 19.1 Å². The maximum absolute atomic E-state index is 12.3. The number of primary amides is 1. The van der Waals surface area contributed by atoms with E-state index in [-0.39, 0.29) is 18.7 Å². The van der Waals surface area contributed by atoms with Gasteiger partial charge in [0.25, 0.3) is 5.91 Å². The first-order valence-electron chi connectivity index (χ1n) is 7.33. The number of hydrazone groups is 1. The third kappa shape index (κ3) is 3.24. The van der Waals surface area contributed by atoms with Crippen molar-refractivity contribution in [2.75, 3.05) is 5.01 Å². The lowest BCUT2D eigenvalue weighted by Crippen LogP contribution is -2.39. The fourth-order valence-electron chi connectivity index (χ4n) is 2.35. The highest BCUT2D eigenvalue weighted by Gasteiger charge is 2.34. The zero-order valence-electron chi connectivity index (χ0n) is 13.0. The minimum atomic E-state index is -0.696. The Morgan fingerprint density at radius 2 is 2.08 bits per heavy atom. The standard InChI is InChI=1S/C15H16N6O3/c1-9-18-19-13(24-9)8-17-15(23)11-7-12(14(16)22)21(20-11)10-5-3-2-4-6-10/h2-6,12H,7-8H2,1H3,(H2,16,22)(H,17,23)/t12-/m1/s1. The highest BCUT2D eigenvalue weighted by molar-refractivity contribution is 6.40. The Kier molecular flexibility index (Phi) is 4.23. The number of anilines is 1. The van der Waals surface area contributed by atoms with E-state index < -0.39 is 17.9 Å². The van der Waals surface area contributed by atoms with Gasteiger partial charge in [0.2, 0.25) is 17.7 Å². The Balaban J connectivity index is 1.72. The number of benzene rings is 1. The number of rotatable bonds is 5. The summed E-state index contributed by atoms with van der Waals surface area (Å²) < 4.78 is 5.18. The Morgan fingerprint density at radius 1 is 1.33 bits per heavy atom. The second kappa shape index (κ2) is 6.49. The highest BCUT2D eigenvalue weighted by atomic mass is 16.4. The lowest BCUT2D eigenvalue weighted by atomic mass is 10.1. The molecular weight excluding hydrogens is 312 g/mol. The molecule has 0 fully saturated rings. The largest absolute Gasteiger partial charge is 0.424 e. The first-order chi connectivity index (χ1) is 11.5. The molecule has 0 radical (unpaired) electrons. The molecule has 3 rings (SSSR count). The molecule has 1 aromatic heterocycles. The van der Waals surface area contributed by atoms with Crippen LogP contribution in [0.2, 0.25) is 0 Å². The first-order valence-corrected chi connectivity index (χ1v) is 7.33. The molecule has 0 spiro atoms. The van der Waals surface area contributed by atoms with Gasteiger partial charge in [-0.25, -0.2) is 0 Å². The van der Waals surface area contributed by atoms with E-state index in [1.165, 1.54) is 5.01 Å². The summed E-state index contributed by atoms with van der Waals surface area (Å²) in [5.74, 6) is -0.235. The summed E-state index contributed by atoms with van der Waals surface area (Å²) >= 11 is 0. The van der Waals surface area contributed by atoms with Crippen LogP contribution in [0.5, 0.6) is 0 Å². The summed E-state index contributed by atoms with van der Waals surface area (Å²) in [4.78, 5) is 23.9. The normalized spacial score (nSPS) is 16.8. The fraction of sp³-hybridized carbons (Fsp3) is 0.267. The van der Waals surface area contributed by atoms with Crippen molar-refractivity contribution in [1.29, 1.82) is 0 Å². The molecule has 2 heterocycles. The Morgan fingerprint density at radius 3 is 2.71 bits per heavy atom. The van der Waals surface area contributed by atoms with Gasteiger partial charge in [-0.15, -0.1) is 10.2 Å². The summed E-state index contributed by atoms with van der Waals surface area (Å²) in [5.41, 5.74) is 6.35. The van der Waals surface area contributed by atoms with Crippen molar-refractivity contribution in [3.8, 4) is 0 Å². The van der Waals surface area contributed by atoms with Gasteiger partial charge in [-0.3, -0.25) is 14.6 Å². The third-order valence-electron chi connectivity index (χ3n) is 3.49. The van der Waals surface area contributed by atoms with Gasteiger partial charge in [-0.1, -0.05) is 18.2 Å². The minimum absolute atomic E-state index is 0.0886. The van der Waals surface area contributed by atoms with Crippen LogP contribution in [-0.2, 0) is 16.1 Å². The van der Waals surface area contributed by atoms with Crippen LogP contribution in [0.15, 0.2) is 39.9 Å². The maximum Gasteiger partial charge on any atom is 0.268 e. The van der Waals surface area contributed by atoms with Crippen molar-refractivity contribution >= 4 is 23.2 Å². The van der Waals surface area contributed by atoms with Gasteiger partial charge in [0.05, 0.1) is 12.2 Å². The number of aromatic nitrogens is 2. The van der Waals surface area contributed by atoms with Crippen LogP contribution < -0.4 is 16.1 Å². The molecule has 9 heteroatoms. The maximum atomic E-state index is 12.3. The molecule has 0 saturated heterocycles. The van der Waals surface area contributed by atoms with Crippen LogP contribution >= 0.6 is 0 Å². The number of carbonyl (C=O) groups is 2. The van der Waals surface area contributed by atoms with E-state index in [2.05, 4.69) is 20.6 Å². The molecule has 2 aromatic rings. The number of nitrogens with zero attached hydrogens (tertiary/aromatic N) is 4. The number of amides is 2. The van der Waals surface area contributed by atoms with Crippen LogP contribution in [-0.4, -0.2) is 33.8 Å². The van der Waals surface area contributed by atoms with Gasteiger partial charge in [-0.2, -0.15) is 5.10 Å². The van der Waals surface area contributed by atoms with Crippen LogP contribution in [0.4, 0.5) is 5.69 Å². The van der Waals surface area contributed by atoms with Crippen LogP contribution in [0, 0.1) is 6.92 Å². The Bertz CT molecular complexity index is 786. The zero-order valence-corrected chi connectivity index (χ0v) is 13.0. The molecular formula is C15H16N6O3. The number of nitrogens with one attached hydrogen (secondary N) is 1. The van der Waals surface area contributed by atoms with Crippen molar-refractivity contribution in [3.63, 3.8) is 0 Å². The number of carbonyl (C=O) groups excluding carboxylic acids is 2. The third-order valence-corrected chi connectivity index (χ3v) is 3.49. The Hall–Kier alpha value is -3.23. The predicted octanol–water partition coefficient (Wildman–Crippen LogP) is 0.114. The fourth-order valence-corrected chi connectivity index (χ4v) is 2.35. The summed E-state index contributed by atoms with van der Waals surface area (Å²) in [6.07, 6.45) is 0.138. The van der Waals surface area contributed by atoms with Crippen LogP contribution in [0.1, 0.15) is 18.2 Å². The molecule has 3 N–H and O–H groups in total. The summed E-state index contributed by atoms with van der Waals surface area (Å²) in [6.45, 7) is 1.75. The summed E-state index contributed by atoms with van der Waals surface area (Å²) in [7, 11) is 0. The van der Waals surface area contributed by atoms with E-state index in [4.69, 9.17) is 10.2 Å². The van der Waals surface area contributed by atoms with Crippen LogP contribution in [0.25, 0.3) is 0 Å². The number of aryl methyl sites for hydroxylation is 1. The topological polar surface area (TPSA) is 127 Å². The molecule has 1 aliphatic rings. The summed E-state index contributed by atoms with van der Waals surface area (Å²) in [6, 6.07) is 8.38. The molecule has 0 aliphatic carbocycles. The van der Waals surface area contributed by atoms with Gasteiger partial charge in [0, 0.05) is 13.3 Å². The number of hydrogen-bond acceptors (Lipinski definition) is 7. The molecule has 124 valence electrons. The molecule has 0 unspecified atom stereocenters. The van der Waals surface area contributed by atoms with Crippen molar-refractivity contribution in [1.82, 2.24) is 15.5 Å². The average molecular weight is 328 g/mol. The monoisotopic (exact) mass is 328 g/mol. The van der Waals surface area contributed by atoms with Crippen molar-refractivity contribution in [2.24, 2.45) is 10.8 Å². The van der Waals surface area contributed by atoms with E-state index in [9.17, 15) is 9.59 Å². The van der Waals surface area contributed by atoms with Gasteiger partial charge in [0.15, 0.2) is 0 Å².